The zero-order valence-electron chi connectivity index (χ0n) is 9.80. The molecule has 0 atom stereocenters. The van der Waals surface area contributed by atoms with Crippen LogP contribution in [0.25, 0.3) is 0 Å². The van der Waals surface area contributed by atoms with Crippen molar-refractivity contribution in [1.82, 2.24) is 0 Å². The van der Waals surface area contributed by atoms with E-state index in [-0.39, 0.29) is 18.6 Å². The number of rotatable bonds is 6. The van der Waals surface area contributed by atoms with E-state index in [1.54, 1.807) is 30.3 Å². The third-order valence-electron chi connectivity index (χ3n) is 2.15. The molecule has 1 amide bonds. The highest BCUT2D eigenvalue weighted by Gasteiger charge is 2.16. The Kier molecular flexibility index (Phi) is 5.33. The summed E-state index contributed by atoms with van der Waals surface area (Å²) in [4.78, 5) is 11.5. The van der Waals surface area contributed by atoms with Gasteiger partial charge in [-0.1, -0.05) is 18.2 Å². The van der Waals surface area contributed by atoms with Crippen LogP contribution >= 0.6 is 0 Å². The van der Waals surface area contributed by atoms with Crippen LogP contribution in [-0.2, 0) is 14.6 Å². The molecule has 0 aromatic heterocycles. The summed E-state index contributed by atoms with van der Waals surface area (Å²) in [6.45, 7) is 0. The van der Waals surface area contributed by atoms with Gasteiger partial charge in [-0.15, -0.1) is 0 Å². The van der Waals surface area contributed by atoms with Gasteiger partial charge in [0.1, 0.15) is 5.75 Å². The Labute approximate surface area is 106 Å². The van der Waals surface area contributed by atoms with E-state index in [2.05, 4.69) is 5.32 Å². The number of hydrogen-bond acceptors (Lipinski definition) is 4. The summed E-state index contributed by atoms with van der Waals surface area (Å²) >= 11 is 0. The Hall–Kier alpha value is -1.87. The lowest BCUT2D eigenvalue weighted by atomic mass is 10.3. The summed E-state index contributed by atoms with van der Waals surface area (Å²) < 4.78 is 23.1. The smallest absolute Gasteiger partial charge is 0.239 e. The molecule has 1 aromatic rings. The highest BCUT2D eigenvalue weighted by Crippen LogP contribution is 2.05. The molecular weight excluding hydrogens is 252 g/mol. The van der Waals surface area contributed by atoms with Gasteiger partial charge in [0.05, 0.1) is 11.8 Å². The molecule has 18 heavy (non-hydrogen) atoms. The lowest BCUT2D eigenvalue weighted by molar-refractivity contribution is -0.113. The van der Waals surface area contributed by atoms with E-state index >= 15 is 0 Å². The average molecular weight is 266 g/mol. The van der Waals surface area contributed by atoms with E-state index in [0.717, 1.165) is 0 Å². The number of amides is 1. The molecule has 1 rings (SSSR count). The first-order chi connectivity index (χ1) is 8.53. The van der Waals surface area contributed by atoms with Crippen molar-refractivity contribution < 1.29 is 13.2 Å². The number of benzene rings is 1. The van der Waals surface area contributed by atoms with Crippen LogP contribution in [0.5, 0.6) is 0 Å². The number of hydrogen-bond donors (Lipinski definition) is 1. The van der Waals surface area contributed by atoms with Crippen LogP contribution < -0.4 is 5.32 Å². The molecule has 1 aromatic carbocycles. The van der Waals surface area contributed by atoms with Crippen molar-refractivity contribution in [2.24, 2.45) is 0 Å². The van der Waals surface area contributed by atoms with Crippen LogP contribution in [0.3, 0.4) is 0 Å². The quantitative estimate of drug-likeness (QED) is 0.787. The van der Waals surface area contributed by atoms with Crippen molar-refractivity contribution in [2.45, 2.75) is 12.8 Å². The molecule has 0 radical (unpaired) electrons. The van der Waals surface area contributed by atoms with Crippen molar-refractivity contribution >= 4 is 21.4 Å². The largest absolute Gasteiger partial charge is 0.325 e. The Bertz CT molecular complexity index is 532. The second kappa shape index (κ2) is 6.77. The highest BCUT2D eigenvalue weighted by molar-refractivity contribution is 7.92. The summed E-state index contributed by atoms with van der Waals surface area (Å²) in [5.74, 6) is -1.24. The first kappa shape index (κ1) is 14.2. The molecule has 0 aliphatic carbocycles. The summed E-state index contributed by atoms with van der Waals surface area (Å²) in [6.07, 6.45) is 0.441. The number of carbonyl (C=O) groups excluding carboxylic acids is 1. The number of nitriles is 1. The minimum Gasteiger partial charge on any atom is -0.325 e. The monoisotopic (exact) mass is 266 g/mol. The lowest BCUT2D eigenvalue weighted by Crippen LogP contribution is -2.24. The van der Waals surface area contributed by atoms with E-state index in [4.69, 9.17) is 5.26 Å². The first-order valence-corrected chi connectivity index (χ1v) is 7.28. The molecule has 0 bridgehead atoms. The predicted molar refractivity (Wildman–Crippen MR) is 68.6 cm³/mol. The zero-order chi connectivity index (χ0) is 13.4. The van der Waals surface area contributed by atoms with Gasteiger partial charge in [-0.05, 0) is 18.6 Å². The lowest BCUT2D eigenvalue weighted by Gasteiger charge is -2.05. The number of unbranched alkanes of at least 4 members (excludes halogenated alkanes) is 1. The molecule has 0 unspecified atom stereocenters. The molecular formula is C12H14N2O3S. The van der Waals surface area contributed by atoms with E-state index in [1.165, 1.54) is 0 Å². The van der Waals surface area contributed by atoms with E-state index in [0.29, 0.717) is 5.69 Å². The second-order valence-corrected chi connectivity index (χ2v) is 5.95. The number of para-hydroxylation sites is 1. The minimum atomic E-state index is -3.44. The van der Waals surface area contributed by atoms with Gasteiger partial charge in [-0.2, -0.15) is 5.26 Å². The zero-order valence-corrected chi connectivity index (χ0v) is 10.6. The predicted octanol–water partition coefficient (Wildman–Crippen LogP) is 1.34. The number of nitrogens with one attached hydrogen (secondary N) is 1. The van der Waals surface area contributed by atoms with Crippen LogP contribution in [0.2, 0.25) is 0 Å². The molecule has 1 N–H and O–H groups in total. The Morgan fingerprint density at radius 1 is 1.28 bits per heavy atom. The van der Waals surface area contributed by atoms with Gasteiger partial charge in [-0.25, -0.2) is 8.42 Å². The maximum Gasteiger partial charge on any atom is 0.239 e. The summed E-state index contributed by atoms with van der Waals surface area (Å²) in [7, 11) is -3.44. The van der Waals surface area contributed by atoms with Crippen LogP contribution in [0.4, 0.5) is 5.69 Å². The Morgan fingerprint density at radius 3 is 2.56 bits per heavy atom. The van der Waals surface area contributed by atoms with Crippen molar-refractivity contribution in [3.63, 3.8) is 0 Å². The molecule has 5 nitrogen and oxygen atoms in total. The van der Waals surface area contributed by atoms with Crippen molar-refractivity contribution in [3.8, 4) is 6.07 Å². The van der Waals surface area contributed by atoms with Crippen molar-refractivity contribution in [3.05, 3.63) is 30.3 Å². The first-order valence-electron chi connectivity index (χ1n) is 5.46. The van der Waals surface area contributed by atoms with Crippen molar-refractivity contribution in [1.29, 1.82) is 5.26 Å². The molecule has 0 fully saturated rings. The van der Waals surface area contributed by atoms with Gasteiger partial charge in [0, 0.05) is 12.1 Å². The summed E-state index contributed by atoms with van der Waals surface area (Å²) in [6, 6.07) is 10.5. The number of sulfone groups is 1. The van der Waals surface area contributed by atoms with E-state index in [1.807, 2.05) is 6.07 Å². The molecule has 0 spiro atoms. The third-order valence-corrected chi connectivity index (χ3v) is 3.77. The fraction of sp³-hybridized carbons (Fsp3) is 0.333. The third kappa shape index (κ3) is 5.46. The van der Waals surface area contributed by atoms with Crippen LogP contribution in [0.15, 0.2) is 30.3 Å². The van der Waals surface area contributed by atoms with Crippen molar-refractivity contribution in [2.75, 3.05) is 16.8 Å². The molecule has 0 heterocycles. The second-order valence-electron chi connectivity index (χ2n) is 3.77. The van der Waals surface area contributed by atoms with E-state index < -0.39 is 21.5 Å². The molecule has 96 valence electrons. The fourth-order valence-corrected chi connectivity index (χ4v) is 2.56. The number of nitrogens with zero attached hydrogens (tertiary/aromatic N) is 1. The van der Waals surface area contributed by atoms with Gasteiger partial charge in [0.2, 0.25) is 5.91 Å². The molecule has 6 heteroatoms. The molecule has 0 aliphatic rings. The highest BCUT2D eigenvalue weighted by atomic mass is 32.2. The van der Waals surface area contributed by atoms with Gasteiger partial charge in [0.25, 0.3) is 0 Å². The Morgan fingerprint density at radius 2 is 1.94 bits per heavy atom. The van der Waals surface area contributed by atoms with E-state index in [9.17, 15) is 13.2 Å². The molecule has 0 saturated heterocycles. The maximum absolute atomic E-state index is 11.5. The van der Waals surface area contributed by atoms with Crippen LogP contribution in [0.1, 0.15) is 12.8 Å². The van der Waals surface area contributed by atoms with Gasteiger partial charge >= 0.3 is 0 Å². The van der Waals surface area contributed by atoms with Crippen LogP contribution in [-0.4, -0.2) is 25.8 Å². The van der Waals surface area contributed by atoms with Gasteiger partial charge < -0.3 is 5.32 Å². The SMILES string of the molecule is N#CCCCS(=O)(=O)CC(=O)Nc1ccccc1. The van der Waals surface area contributed by atoms with Gasteiger partial charge in [-0.3, -0.25) is 4.79 Å². The topological polar surface area (TPSA) is 87.0 Å². The average Bonchev–Trinajstić information content (AvgIpc) is 2.29. The summed E-state index contributed by atoms with van der Waals surface area (Å²) in [5.41, 5.74) is 0.565. The fourth-order valence-electron chi connectivity index (χ4n) is 1.36. The minimum absolute atomic E-state index is 0.136. The summed E-state index contributed by atoms with van der Waals surface area (Å²) in [5, 5.41) is 10.8. The Balaban J connectivity index is 2.47. The molecule has 0 saturated carbocycles. The number of anilines is 1. The van der Waals surface area contributed by atoms with Gasteiger partial charge in [0.15, 0.2) is 9.84 Å². The number of carbonyl (C=O) groups is 1. The normalized spacial score (nSPS) is 10.6. The van der Waals surface area contributed by atoms with Crippen LogP contribution in [0, 0.1) is 11.3 Å². The maximum atomic E-state index is 11.5. The standard InChI is InChI=1S/C12H14N2O3S/c13-8-4-5-9-18(16,17)10-12(15)14-11-6-2-1-3-7-11/h1-3,6-7H,4-5,9-10H2,(H,14,15). The molecule has 0 aliphatic heterocycles.